The molecule has 1 aromatic rings. The van der Waals surface area contributed by atoms with Crippen LogP contribution in [0.2, 0.25) is 0 Å². The van der Waals surface area contributed by atoms with Crippen molar-refractivity contribution in [2.24, 2.45) is 5.92 Å². The molecule has 0 radical (unpaired) electrons. The van der Waals surface area contributed by atoms with Gasteiger partial charge in [-0.1, -0.05) is 26.7 Å². The van der Waals surface area contributed by atoms with E-state index in [9.17, 15) is 0 Å². The Labute approximate surface area is 109 Å². The van der Waals surface area contributed by atoms with Crippen LogP contribution in [0.15, 0.2) is 6.33 Å². The highest BCUT2D eigenvalue weighted by Gasteiger charge is 2.11. The van der Waals surface area contributed by atoms with Crippen molar-refractivity contribution in [3.8, 4) is 5.75 Å². The Morgan fingerprint density at radius 1 is 1.28 bits per heavy atom. The lowest BCUT2D eigenvalue weighted by Gasteiger charge is -2.17. The standard InChI is InChI=1S/C13H24N4O/c1-9(2)6-5-7-10(3)17-13-11(18-4)12(14)15-8-16-13/h8-10H,5-7H2,1-4H3,(H3,14,15,16,17). The maximum Gasteiger partial charge on any atom is 0.203 e. The molecule has 0 aliphatic rings. The van der Waals surface area contributed by atoms with Gasteiger partial charge in [0.15, 0.2) is 11.6 Å². The number of anilines is 2. The number of nitrogen functional groups attached to an aromatic ring is 1. The number of hydrogen-bond acceptors (Lipinski definition) is 5. The van der Waals surface area contributed by atoms with E-state index in [4.69, 9.17) is 10.5 Å². The van der Waals surface area contributed by atoms with Crippen molar-refractivity contribution in [1.29, 1.82) is 0 Å². The minimum absolute atomic E-state index is 0.340. The lowest BCUT2D eigenvalue weighted by atomic mass is 10.0. The molecule has 0 saturated heterocycles. The van der Waals surface area contributed by atoms with Crippen molar-refractivity contribution in [2.45, 2.75) is 46.1 Å². The average molecular weight is 252 g/mol. The second-order valence-corrected chi connectivity index (χ2v) is 5.01. The Hall–Kier alpha value is -1.52. The zero-order chi connectivity index (χ0) is 13.5. The summed E-state index contributed by atoms with van der Waals surface area (Å²) in [5.41, 5.74) is 5.73. The summed E-state index contributed by atoms with van der Waals surface area (Å²) >= 11 is 0. The molecule has 0 saturated carbocycles. The summed E-state index contributed by atoms with van der Waals surface area (Å²) in [6, 6.07) is 0.340. The third-order valence-corrected chi connectivity index (χ3v) is 2.84. The Morgan fingerprint density at radius 2 is 2.00 bits per heavy atom. The summed E-state index contributed by atoms with van der Waals surface area (Å²) in [6.45, 7) is 6.62. The van der Waals surface area contributed by atoms with Gasteiger partial charge >= 0.3 is 0 Å². The predicted octanol–water partition coefficient (Wildman–Crippen LogP) is 2.69. The van der Waals surface area contributed by atoms with E-state index in [1.807, 2.05) is 0 Å². The molecule has 3 N–H and O–H groups in total. The molecule has 1 heterocycles. The Balaban J connectivity index is 2.53. The number of aromatic nitrogens is 2. The lowest BCUT2D eigenvalue weighted by Crippen LogP contribution is -2.17. The fourth-order valence-corrected chi connectivity index (χ4v) is 1.83. The summed E-state index contributed by atoms with van der Waals surface area (Å²) in [5, 5.41) is 3.32. The van der Waals surface area contributed by atoms with E-state index in [1.54, 1.807) is 7.11 Å². The molecule has 1 atom stereocenters. The average Bonchev–Trinajstić information content (AvgIpc) is 2.28. The summed E-state index contributed by atoms with van der Waals surface area (Å²) in [7, 11) is 1.57. The van der Waals surface area contributed by atoms with Crippen LogP contribution in [0.25, 0.3) is 0 Å². The number of rotatable bonds is 7. The molecule has 0 aliphatic carbocycles. The highest BCUT2D eigenvalue weighted by Crippen LogP contribution is 2.27. The van der Waals surface area contributed by atoms with E-state index in [-0.39, 0.29) is 0 Å². The number of ether oxygens (including phenoxy) is 1. The Morgan fingerprint density at radius 3 is 2.61 bits per heavy atom. The molecular weight excluding hydrogens is 228 g/mol. The van der Waals surface area contributed by atoms with E-state index in [1.165, 1.54) is 19.2 Å². The summed E-state index contributed by atoms with van der Waals surface area (Å²) in [4.78, 5) is 8.07. The van der Waals surface area contributed by atoms with Crippen molar-refractivity contribution in [1.82, 2.24) is 9.97 Å². The first-order chi connectivity index (χ1) is 8.54. The SMILES string of the molecule is COc1c(N)ncnc1NC(C)CCCC(C)C. The number of nitrogens with one attached hydrogen (secondary N) is 1. The van der Waals surface area contributed by atoms with Gasteiger partial charge < -0.3 is 15.8 Å². The fourth-order valence-electron chi connectivity index (χ4n) is 1.83. The molecule has 0 bridgehead atoms. The minimum Gasteiger partial charge on any atom is -0.490 e. The molecule has 0 aromatic carbocycles. The van der Waals surface area contributed by atoms with Crippen molar-refractivity contribution < 1.29 is 4.74 Å². The van der Waals surface area contributed by atoms with Crippen molar-refractivity contribution in [2.75, 3.05) is 18.2 Å². The third kappa shape index (κ3) is 4.39. The number of nitrogens with zero attached hydrogens (tertiary/aromatic N) is 2. The molecule has 0 fully saturated rings. The molecule has 1 aromatic heterocycles. The van der Waals surface area contributed by atoms with E-state index >= 15 is 0 Å². The van der Waals surface area contributed by atoms with Gasteiger partial charge in [0, 0.05) is 6.04 Å². The maximum atomic E-state index is 5.73. The third-order valence-electron chi connectivity index (χ3n) is 2.84. The second-order valence-electron chi connectivity index (χ2n) is 5.01. The maximum absolute atomic E-state index is 5.73. The fraction of sp³-hybridized carbons (Fsp3) is 0.692. The van der Waals surface area contributed by atoms with Gasteiger partial charge in [-0.05, 0) is 19.3 Å². The minimum atomic E-state index is 0.340. The van der Waals surface area contributed by atoms with Crippen LogP contribution < -0.4 is 15.8 Å². The van der Waals surface area contributed by atoms with Gasteiger partial charge in [-0.15, -0.1) is 0 Å². The molecule has 0 spiro atoms. The number of methoxy groups -OCH3 is 1. The first kappa shape index (κ1) is 14.5. The van der Waals surface area contributed by atoms with Crippen LogP contribution in [0.1, 0.15) is 40.0 Å². The van der Waals surface area contributed by atoms with E-state index in [0.717, 1.165) is 12.3 Å². The molecule has 1 unspecified atom stereocenters. The molecule has 0 amide bonds. The molecule has 5 heteroatoms. The van der Waals surface area contributed by atoms with Gasteiger partial charge in [0.2, 0.25) is 5.75 Å². The van der Waals surface area contributed by atoms with Gasteiger partial charge in [0.1, 0.15) is 6.33 Å². The summed E-state index contributed by atoms with van der Waals surface area (Å²) in [6.07, 6.45) is 5.00. The topological polar surface area (TPSA) is 73.1 Å². The van der Waals surface area contributed by atoms with Gasteiger partial charge in [-0.2, -0.15) is 0 Å². The van der Waals surface area contributed by atoms with Gasteiger partial charge in [-0.25, -0.2) is 9.97 Å². The smallest absolute Gasteiger partial charge is 0.203 e. The zero-order valence-corrected chi connectivity index (χ0v) is 11.7. The highest BCUT2D eigenvalue weighted by molar-refractivity contribution is 5.61. The van der Waals surface area contributed by atoms with Gasteiger partial charge in [-0.3, -0.25) is 0 Å². The highest BCUT2D eigenvalue weighted by atomic mass is 16.5. The number of hydrogen-bond donors (Lipinski definition) is 2. The Bertz CT molecular complexity index is 368. The van der Waals surface area contributed by atoms with Crippen LogP contribution in [-0.2, 0) is 0 Å². The quantitative estimate of drug-likeness (QED) is 0.780. The molecule has 1 rings (SSSR count). The van der Waals surface area contributed by atoms with Crippen LogP contribution in [-0.4, -0.2) is 23.1 Å². The summed E-state index contributed by atoms with van der Waals surface area (Å²) < 4.78 is 5.21. The predicted molar refractivity (Wildman–Crippen MR) is 74.8 cm³/mol. The van der Waals surface area contributed by atoms with Crippen LogP contribution in [0, 0.1) is 5.92 Å². The molecule has 5 nitrogen and oxygen atoms in total. The zero-order valence-electron chi connectivity index (χ0n) is 11.7. The molecular formula is C13H24N4O. The Kier molecular flexibility index (Phi) is 5.68. The van der Waals surface area contributed by atoms with Crippen molar-refractivity contribution in [3.63, 3.8) is 0 Å². The van der Waals surface area contributed by atoms with E-state index < -0.39 is 0 Å². The normalized spacial score (nSPS) is 12.5. The van der Waals surface area contributed by atoms with Crippen LogP contribution >= 0.6 is 0 Å². The van der Waals surface area contributed by atoms with Crippen LogP contribution in [0.5, 0.6) is 5.75 Å². The first-order valence-corrected chi connectivity index (χ1v) is 6.45. The largest absolute Gasteiger partial charge is 0.490 e. The molecule has 18 heavy (non-hydrogen) atoms. The number of nitrogens with two attached hydrogens (primary N) is 1. The van der Waals surface area contributed by atoms with Crippen LogP contribution in [0.3, 0.4) is 0 Å². The van der Waals surface area contributed by atoms with E-state index in [2.05, 4.69) is 36.1 Å². The van der Waals surface area contributed by atoms with Crippen molar-refractivity contribution in [3.05, 3.63) is 6.33 Å². The van der Waals surface area contributed by atoms with E-state index in [0.29, 0.717) is 23.4 Å². The molecule has 102 valence electrons. The van der Waals surface area contributed by atoms with Crippen LogP contribution in [0.4, 0.5) is 11.6 Å². The second kappa shape index (κ2) is 7.03. The first-order valence-electron chi connectivity index (χ1n) is 6.45. The van der Waals surface area contributed by atoms with Gasteiger partial charge in [0.25, 0.3) is 0 Å². The van der Waals surface area contributed by atoms with Crippen molar-refractivity contribution >= 4 is 11.6 Å². The van der Waals surface area contributed by atoms with Gasteiger partial charge in [0.05, 0.1) is 7.11 Å². The summed E-state index contributed by atoms with van der Waals surface area (Å²) in [5.74, 6) is 2.31. The lowest BCUT2D eigenvalue weighted by molar-refractivity contribution is 0.414. The molecule has 0 aliphatic heterocycles. The monoisotopic (exact) mass is 252 g/mol.